The fraction of sp³-hybridized carbons (Fsp3) is 0.692. The van der Waals surface area contributed by atoms with Crippen LogP contribution in [-0.4, -0.2) is 26.1 Å². The van der Waals surface area contributed by atoms with Crippen LogP contribution in [0.15, 0.2) is 46.6 Å². The Labute approximate surface area is 183 Å². The van der Waals surface area contributed by atoms with E-state index in [9.17, 15) is 5.11 Å². The van der Waals surface area contributed by atoms with Gasteiger partial charge in [-0.2, -0.15) is 0 Å². The van der Waals surface area contributed by atoms with Crippen molar-refractivity contribution in [2.24, 2.45) is 0 Å². The second kappa shape index (κ2) is 13.4. The van der Waals surface area contributed by atoms with Crippen LogP contribution in [0.2, 0.25) is 18.1 Å². The third-order valence-electron chi connectivity index (χ3n) is 5.81. The Balaban J connectivity index is 4.36. The van der Waals surface area contributed by atoms with Gasteiger partial charge in [-0.05, 0) is 84.9 Å². The lowest BCUT2D eigenvalue weighted by molar-refractivity contribution is 0.222. The molecule has 2 nitrogen and oxygen atoms in total. The highest BCUT2D eigenvalue weighted by molar-refractivity contribution is 6.74. The maximum absolute atomic E-state index is 10.3. The van der Waals surface area contributed by atoms with Gasteiger partial charge in [0, 0.05) is 0 Å². The number of aliphatic hydroxyl groups excluding tert-OH is 1. The summed E-state index contributed by atoms with van der Waals surface area (Å²) in [5.74, 6) is 0. The predicted molar refractivity (Wildman–Crippen MR) is 133 cm³/mol. The zero-order valence-corrected chi connectivity index (χ0v) is 22.0. The van der Waals surface area contributed by atoms with E-state index in [0.29, 0.717) is 0 Å². The minimum Gasteiger partial charge on any atom is -0.413 e. The van der Waals surface area contributed by atoms with Gasteiger partial charge in [-0.15, -0.1) is 0 Å². The van der Waals surface area contributed by atoms with Gasteiger partial charge < -0.3 is 9.53 Å². The van der Waals surface area contributed by atoms with Crippen molar-refractivity contribution in [3.63, 3.8) is 0 Å². The van der Waals surface area contributed by atoms with Gasteiger partial charge in [0.2, 0.25) is 0 Å². The summed E-state index contributed by atoms with van der Waals surface area (Å²) in [7, 11) is -1.66. The van der Waals surface area contributed by atoms with Crippen LogP contribution in [0.5, 0.6) is 0 Å². The van der Waals surface area contributed by atoms with Gasteiger partial charge >= 0.3 is 0 Å². The van der Waals surface area contributed by atoms with Crippen LogP contribution in [0.25, 0.3) is 0 Å². The normalized spacial score (nSPS) is 15.5. The Morgan fingerprint density at radius 3 is 1.97 bits per heavy atom. The minimum absolute atomic E-state index is 0.258. The van der Waals surface area contributed by atoms with Gasteiger partial charge in [0.15, 0.2) is 8.32 Å². The number of allylic oxidation sites excluding steroid dienone is 5. The topological polar surface area (TPSA) is 29.5 Å². The largest absolute Gasteiger partial charge is 0.413 e. The summed E-state index contributed by atoms with van der Waals surface area (Å²) in [6.07, 6.45) is 13.2. The highest BCUT2D eigenvalue weighted by Gasteiger charge is 2.36. The smallest absolute Gasteiger partial charge is 0.192 e. The Morgan fingerprint density at radius 1 is 0.862 bits per heavy atom. The summed E-state index contributed by atoms with van der Waals surface area (Å²) < 4.78 is 6.23. The summed E-state index contributed by atoms with van der Waals surface area (Å²) in [6.45, 7) is 22.8. The molecule has 0 radical (unpaired) electrons. The number of aliphatic hydroxyl groups is 1. The molecule has 1 atom stereocenters. The van der Waals surface area contributed by atoms with E-state index in [2.05, 4.69) is 86.7 Å². The third-order valence-corrected chi connectivity index (χ3v) is 10.3. The first kappa shape index (κ1) is 28.1. The summed E-state index contributed by atoms with van der Waals surface area (Å²) in [5, 5.41) is 10.6. The zero-order valence-electron chi connectivity index (χ0n) is 21.0. The van der Waals surface area contributed by atoms with E-state index in [-0.39, 0.29) is 11.1 Å². The van der Waals surface area contributed by atoms with E-state index < -0.39 is 8.32 Å². The van der Waals surface area contributed by atoms with Crippen molar-refractivity contribution < 1.29 is 9.53 Å². The van der Waals surface area contributed by atoms with Crippen molar-refractivity contribution in [1.82, 2.24) is 0 Å². The first-order valence-corrected chi connectivity index (χ1v) is 14.1. The maximum Gasteiger partial charge on any atom is 0.192 e. The molecular formula is C26H48O2Si. The molecule has 0 saturated carbocycles. The molecule has 1 unspecified atom stereocenters. The first-order valence-electron chi connectivity index (χ1n) is 11.2. The standard InChI is InChI=1S/C26H48O2Si/c1-21(2)13-11-15-23(4)19-25(27)20-24(5)16-12-14-22(3)17-18-28-29(9,10)26(6,7)8/h13,16-17,19,25,27H,11-12,14-15,18,20H2,1-10H3/b22-17+,23-19+,24-16+. The molecule has 0 aromatic carbocycles. The average Bonchev–Trinajstić information content (AvgIpc) is 2.52. The Kier molecular flexibility index (Phi) is 13.0. The lowest BCUT2D eigenvalue weighted by atomic mass is 10.0. The fourth-order valence-electron chi connectivity index (χ4n) is 2.73. The summed E-state index contributed by atoms with van der Waals surface area (Å²) in [5.41, 5.74) is 5.26. The van der Waals surface area contributed by atoms with Crippen LogP contribution in [0.1, 0.15) is 87.5 Å². The minimum atomic E-state index is -1.66. The highest BCUT2D eigenvalue weighted by atomic mass is 28.4. The van der Waals surface area contributed by atoms with Gasteiger partial charge in [-0.1, -0.05) is 67.4 Å². The molecule has 0 aliphatic rings. The Bertz CT molecular complexity index is 597. The van der Waals surface area contributed by atoms with E-state index in [1.807, 2.05) is 6.08 Å². The zero-order chi connectivity index (χ0) is 22.7. The van der Waals surface area contributed by atoms with E-state index in [4.69, 9.17) is 4.43 Å². The SMILES string of the molecule is CC(C)=CCC/C(C)=C/C(O)C/C(C)=C/CC/C(C)=C/CO[Si](C)(C)C(C)(C)C. The molecule has 0 aromatic heterocycles. The molecule has 0 aliphatic carbocycles. The van der Waals surface area contributed by atoms with E-state index in [1.54, 1.807) is 0 Å². The summed E-state index contributed by atoms with van der Waals surface area (Å²) >= 11 is 0. The van der Waals surface area contributed by atoms with Crippen LogP contribution >= 0.6 is 0 Å². The monoisotopic (exact) mass is 420 g/mol. The Hall–Kier alpha value is -0.903. The average molecular weight is 421 g/mol. The molecule has 0 rings (SSSR count). The number of rotatable bonds is 12. The fourth-order valence-corrected chi connectivity index (χ4v) is 3.66. The van der Waals surface area contributed by atoms with Crippen molar-refractivity contribution >= 4 is 8.32 Å². The second-order valence-electron chi connectivity index (χ2n) is 10.3. The van der Waals surface area contributed by atoms with Gasteiger partial charge in [0.1, 0.15) is 0 Å². The first-order chi connectivity index (χ1) is 13.2. The van der Waals surface area contributed by atoms with Crippen LogP contribution in [-0.2, 0) is 4.43 Å². The molecular weight excluding hydrogens is 372 g/mol. The van der Waals surface area contributed by atoms with Crippen molar-refractivity contribution in [3.8, 4) is 0 Å². The molecule has 168 valence electrons. The van der Waals surface area contributed by atoms with Crippen LogP contribution in [0, 0.1) is 0 Å². The molecule has 29 heavy (non-hydrogen) atoms. The van der Waals surface area contributed by atoms with Crippen molar-refractivity contribution in [3.05, 3.63) is 46.6 Å². The van der Waals surface area contributed by atoms with Gasteiger partial charge in [-0.25, -0.2) is 0 Å². The van der Waals surface area contributed by atoms with Crippen LogP contribution in [0.3, 0.4) is 0 Å². The number of hydrogen-bond acceptors (Lipinski definition) is 2. The van der Waals surface area contributed by atoms with Crippen LogP contribution in [0.4, 0.5) is 0 Å². The van der Waals surface area contributed by atoms with E-state index in [1.165, 1.54) is 22.3 Å². The maximum atomic E-state index is 10.3. The lowest BCUT2D eigenvalue weighted by Gasteiger charge is -2.35. The molecule has 0 fully saturated rings. The van der Waals surface area contributed by atoms with E-state index >= 15 is 0 Å². The number of hydrogen-bond donors (Lipinski definition) is 1. The van der Waals surface area contributed by atoms with Crippen molar-refractivity contribution in [2.45, 2.75) is 112 Å². The molecule has 0 heterocycles. The van der Waals surface area contributed by atoms with Crippen LogP contribution < -0.4 is 0 Å². The second-order valence-corrected chi connectivity index (χ2v) is 15.1. The molecule has 3 heteroatoms. The van der Waals surface area contributed by atoms with Gasteiger partial charge in [0.05, 0.1) is 12.7 Å². The Morgan fingerprint density at radius 2 is 1.41 bits per heavy atom. The van der Waals surface area contributed by atoms with Crippen molar-refractivity contribution in [1.29, 1.82) is 0 Å². The molecule has 0 spiro atoms. The third kappa shape index (κ3) is 13.9. The quantitative estimate of drug-likeness (QED) is 0.255. The highest BCUT2D eigenvalue weighted by Crippen LogP contribution is 2.36. The van der Waals surface area contributed by atoms with Gasteiger partial charge in [0.25, 0.3) is 0 Å². The summed E-state index contributed by atoms with van der Waals surface area (Å²) in [6, 6.07) is 0. The van der Waals surface area contributed by atoms with Crippen molar-refractivity contribution in [2.75, 3.05) is 6.61 Å². The van der Waals surface area contributed by atoms with E-state index in [0.717, 1.165) is 38.7 Å². The molecule has 0 bridgehead atoms. The van der Waals surface area contributed by atoms with Gasteiger partial charge in [-0.3, -0.25) is 0 Å². The predicted octanol–water partition coefficient (Wildman–Crippen LogP) is 8.12. The molecule has 0 amide bonds. The lowest BCUT2D eigenvalue weighted by Crippen LogP contribution is -2.40. The molecule has 0 aliphatic heterocycles. The summed E-state index contributed by atoms with van der Waals surface area (Å²) in [4.78, 5) is 0. The molecule has 1 N–H and O–H groups in total. The molecule has 0 saturated heterocycles. The molecule has 0 aromatic rings.